The number of hydrogen-bond donors (Lipinski definition) is 1. The van der Waals surface area contributed by atoms with E-state index in [0.717, 1.165) is 12.2 Å². The summed E-state index contributed by atoms with van der Waals surface area (Å²) in [5.41, 5.74) is 0.664. The summed E-state index contributed by atoms with van der Waals surface area (Å²) in [6.45, 7) is 1.22. The second kappa shape index (κ2) is 8.36. The van der Waals surface area contributed by atoms with Crippen LogP contribution in [0.25, 0.3) is 11.3 Å². The number of hydrogen-bond acceptors (Lipinski definition) is 6. The minimum absolute atomic E-state index is 0.0107. The number of rotatable bonds is 7. The molecule has 0 aliphatic heterocycles. The van der Waals surface area contributed by atoms with Crippen molar-refractivity contribution in [2.45, 2.75) is 11.6 Å². The Labute approximate surface area is 138 Å². The fourth-order valence-electron chi connectivity index (χ4n) is 1.96. The smallest absolute Gasteiger partial charge is 0.270 e. The molecule has 2 aromatic rings. The maximum absolute atomic E-state index is 11.9. The maximum Gasteiger partial charge on any atom is 0.270 e. The number of methoxy groups -OCH3 is 1. The van der Waals surface area contributed by atoms with E-state index in [1.165, 1.54) is 11.8 Å². The molecule has 0 saturated heterocycles. The van der Waals surface area contributed by atoms with Gasteiger partial charge in [0.05, 0.1) is 12.3 Å². The van der Waals surface area contributed by atoms with Gasteiger partial charge in [-0.3, -0.25) is 4.79 Å². The number of nitriles is 1. The predicted molar refractivity (Wildman–Crippen MR) is 88.8 cm³/mol. The molecule has 23 heavy (non-hydrogen) atoms. The average molecular weight is 331 g/mol. The van der Waals surface area contributed by atoms with E-state index in [1.807, 2.05) is 12.3 Å². The molecule has 7 heteroatoms. The van der Waals surface area contributed by atoms with E-state index in [9.17, 15) is 10.1 Å². The molecule has 0 atom stereocenters. The molecule has 0 unspecified atom stereocenters. The van der Waals surface area contributed by atoms with Crippen LogP contribution in [-0.2, 0) is 4.74 Å². The zero-order chi connectivity index (χ0) is 16.7. The summed E-state index contributed by atoms with van der Waals surface area (Å²) in [5, 5.41) is 9.67. The molecule has 0 radical (unpaired) electrons. The first-order chi connectivity index (χ1) is 11.2. The summed E-state index contributed by atoms with van der Waals surface area (Å²) in [7, 11) is 1.65. The van der Waals surface area contributed by atoms with Gasteiger partial charge in [0, 0.05) is 25.7 Å². The van der Waals surface area contributed by atoms with Crippen LogP contribution in [0, 0.1) is 11.3 Å². The average Bonchev–Trinajstić information content (AvgIpc) is 2.58. The van der Waals surface area contributed by atoms with Crippen LogP contribution in [0.1, 0.15) is 12.0 Å². The van der Waals surface area contributed by atoms with Gasteiger partial charge in [0.15, 0.2) is 5.16 Å². The number of thioether (sulfide) groups is 1. The molecular weight excluding hydrogens is 314 g/mol. The van der Waals surface area contributed by atoms with Crippen LogP contribution in [0.4, 0.5) is 0 Å². The quantitative estimate of drug-likeness (QED) is 0.476. The Morgan fingerprint density at radius 3 is 2.65 bits per heavy atom. The van der Waals surface area contributed by atoms with Crippen molar-refractivity contribution in [3.8, 4) is 23.1 Å². The number of nitrogens with one attached hydrogen (secondary N) is 1. The van der Waals surface area contributed by atoms with Crippen LogP contribution >= 0.6 is 11.8 Å². The van der Waals surface area contributed by atoms with Gasteiger partial charge in [-0.2, -0.15) is 5.26 Å². The van der Waals surface area contributed by atoms with E-state index < -0.39 is 5.56 Å². The largest absolute Gasteiger partial charge is 0.494 e. The minimum atomic E-state index is -0.429. The second-order valence-corrected chi connectivity index (χ2v) is 5.42. The van der Waals surface area contributed by atoms with Crippen molar-refractivity contribution < 1.29 is 9.47 Å². The van der Waals surface area contributed by atoms with E-state index >= 15 is 0 Å². The van der Waals surface area contributed by atoms with Crippen molar-refractivity contribution in [3.63, 3.8) is 0 Å². The zero-order valence-electron chi connectivity index (χ0n) is 13.0. The third-order valence-corrected chi connectivity index (χ3v) is 3.67. The molecule has 6 nitrogen and oxygen atoms in total. The standard InChI is InChI=1S/C16H17N3O3S/c1-21-8-3-9-22-12-6-4-11(5-7-12)14-13(10-17)15(20)19-16(18-14)23-2/h4-7H,3,8-9H2,1-2H3,(H,18,19,20). The van der Waals surface area contributed by atoms with Gasteiger partial charge in [0.2, 0.25) is 0 Å². The normalized spacial score (nSPS) is 10.3. The van der Waals surface area contributed by atoms with Crippen molar-refractivity contribution >= 4 is 11.8 Å². The van der Waals surface area contributed by atoms with Crippen LogP contribution in [-0.4, -0.2) is 36.5 Å². The Morgan fingerprint density at radius 1 is 1.30 bits per heavy atom. The van der Waals surface area contributed by atoms with Crippen molar-refractivity contribution in [1.29, 1.82) is 5.26 Å². The zero-order valence-corrected chi connectivity index (χ0v) is 13.8. The minimum Gasteiger partial charge on any atom is -0.494 e. The third-order valence-electron chi connectivity index (χ3n) is 3.09. The number of benzene rings is 1. The molecule has 0 fully saturated rings. The number of nitrogens with zero attached hydrogens (tertiary/aromatic N) is 2. The summed E-state index contributed by atoms with van der Waals surface area (Å²) < 4.78 is 10.5. The summed E-state index contributed by atoms with van der Waals surface area (Å²) in [4.78, 5) is 18.8. The number of aromatic nitrogens is 2. The van der Waals surface area contributed by atoms with Crippen molar-refractivity contribution in [1.82, 2.24) is 9.97 Å². The molecule has 1 heterocycles. The highest BCUT2D eigenvalue weighted by atomic mass is 32.2. The lowest BCUT2D eigenvalue weighted by Crippen LogP contribution is -2.14. The van der Waals surface area contributed by atoms with Gasteiger partial charge in [-0.25, -0.2) is 4.98 Å². The molecule has 0 aliphatic carbocycles. The van der Waals surface area contributed by atoms with Crippen LogP contribution in [0.2, 0.25) is 0 Å². The highest BCUT2D eigenvalue weighted by Crippen LogP contribution is 2.23. The van der Waals surface area contributed by atoms with Gasteiger partial charge in [-0.1, -0.05) is 11.8 Å². The first-order valence-electron chi connectivity index (χ1n) is 7.00. The lowest BCUT2D eigenvalue weighted by atomic mass is 10.1. The van der Waals surface area contributed by atoms with E-state index in [1.54, 1.807) is 31.4 Å². The van der Waals surface area contributed by atoms with Crippen molar-refractivity contribution in [3.05, 3.63) is 40.2 Å². The molecule has 0 spiro atoms. The summed E-state index contributed by atoms with van der Waals surface area (Å²) >= 11 is 1.32. The van der Waals surface area contributed by atoms with Crippen molar-refractivity contribution in [2.75, 3.05) is 26.6 Å². The lowest BCUT2D eigenvalue weighted by Gasteiger charge is -2.08. The van der Waals surface area contributed by atoms with E-state index in [4.69, 9.17) is 9.47 Å². The van der Waals surface area contributed by atoms with Crippen LogP contribution in [0.15, 0.2) is 34.2 Å². The fraction of sp³-hybridized carbons (Fsp3) is 0.312. The summed E-state index contributed by atoms with van der Waals surface area (Å²) in [5.74, 6) is 0.721. The van der Waals surface area contributed by atoms with Crippen LogP contribution < -0.4 is 10.3 Å². The Bertz CT molecular complexity index is 751. The summed E-state index contributed by atoms with van der Waals surface area (Å²) in [6.07, 6.45) is 2.62. The van der Waals surface area contributed by atoms with Crippen LogP contribution in [0.3, 0.4) is 0 Å². The lowest BCUT2D eigenvalue weighted by molar-refractivity contribution is 0.172. The molecular formula is C16H17N3O3S. The third kappa shape index (κ3) is 4.34. The highest BCUT2D eigenvalue weighted by Gasteiger charge is 2.13. The molecule has 2 rings (SSSR count). The Hall–Kier alpha value is -2.30. The molecule has 120 valence electrons. The van der Waals surface area contributed by atoms with Gasteiger partial charge in [0.1, 0.15) is 17.4 Å². The molecule has 0 aliphatic rings. The SMILES string of the molecule is COCCCOc1ccc(-c2nc(SC)[nH]c(=O)c2C#N)cc1. The molecule has 0 saturated carbocycles. The van der Waals surface area contributed by atoms with E-state index in [0.29, 0.717) is 29.6 Å². The van der Waals surface area contributed by atoms with Crippen molar-refractivity contribution in [2.24, 2.45) is 0 Å². The fourth-order valence-corrected chi connectivity index (χ4v) is 2.34. The number of aromatic amines is 1. The maximum atomic E-state index is 11.9. The first-order valence-corrected chi connectivity index (χ1v) is 8.22. The van der Waals surface area contributed by atoms with Crippen LogP contribution in [0.5, 0.6) is 5.75 Å². The molecule has 1 aromatic heterocycles. The van der Waals surface area contributed by atoms with Gasteiger partial charge in [-0.15, -0.1) is 0 Å². The monoisotopic (exact) mass is 331 g/mol. The van der Waals surface area contributed by atoms with E-state index in [-0.39, 0.29) is 5.56 Å². The Morgan fingerprint density at radius 2 is 2.04 bits per heavy atom. The first kappa shape index (κ1) is 17.1. The molecule has 1 aromatic carbocycles. The van der Waals surface area contributed by atoms with Gasteiger partial charge < -0.3 is 14.5 Å². The summed E-state index contributed by atoms with van der Waals surface area (Å²) in [6, 6.07) is 9.09. The highest BCUT2D eigenvalue weighted by molar-refractivity contribution is 7.98. The van der Waals surface area contributed by atoms with Gasteiger partial charge >= 0.3 is 0 Å². The number of ether oxygens (including phenoxy) is 2. The number of H-pyrrole nitrogens is 1. The molecule has 0 bridgehead atoms. The van der Waals surface area contributed by atoms with Gasteiger partial charge in [0.25, 0.3) is 5.56 Å². The molecule has 1 N–H and O–H groups in total. The van der Waals surface area contributed by atoms with Gasteiger partial charge in [-0.05, 0) is 30.5 Å². The van der Waals surface area contributed by atoms with E-state index in [2.05, 4.69) is 9.97 Å². The Kier molecular flexibility index (Phi) is 6.20. The topological polar surface area (TPSA) is 88.0 Å². The Balaban J connectivity index is 2.24. The molecule has 0 amide bonds. The second-order valence-electron chi connectivity index (χ2n) is 4.63. The predicted octanol–water partition coefficient (Wildman–Crippen LogP) is 2.45.